The van der Waals surface area contributed by atoms with Crippen molar-refractivity contribution in [1.82, 2.24) is 9.97 Å². The van der Waals surface area contributed by atoms with Crippen molar-refractivity contribution in [3.8, 4) is 0 Å². The lowest BCUT2D eigenvalue weighted by atomic mass is 10.1. The predicted octanol–water partition coefficient (Wildman–Crippen LogP) is 5.17. The fourth-order valence-electron chi connectivity index (χ4n) is 3.20. The van der Waals surface area contributed by atoms with Gasteiger partial charge in [-0.25, -0.2) is 14.4 Å². The van der Waals surface area contributed by atoms with Gasteiger partial charge in [0.1, 0.15) is 23.3 Å². The summed E-state index contributed by atoms with van der Waals surface area (Å²) in [6, 6.07) is 16.8. The van der Waals surface area contributed by atoms with Crippen LogP contribution in [0.2, 0.25) is 0 Å². The molecule has 0 amide bonds. The molecule has 0 atom stereocenters. The Morgan fingerprint density at radius 2 is 1.55 bits per heavy atom. The number of benzene rings is 2. The highest BCUT2D eigenvalue weighted by Crippen LogP contribution is 2.21. The number of aromatic nitrogens is 2. The van der Waals surface area contributed by atoms with Crippen LogP contribution in [-0.4, -0.2) is 29.6 Å². The summed E-state index contributed by atoms with van der Waals surface area (Å²) in [5, 5.41) is 6.67. The Kier molecular flexibility index (Phi) is 7.00. The molecule has 0 aliphatic carbocycles. The van der Waals surface area contributed by atoms with Gasteiger partial charge >= 0.3 is 0 Å². The van der Waals surface area contributed by atoms with Crippen LogP contribution < -0.4 is 15.5 Å². The lowest BCUT2D eigenvalue weighted by Crippen LogP contribution is -2.21. The molecule has 5 nitrogen and oxygen atoms in total. The molecular weight excluding hydrogens is 365 g/mol. The number of rotatable bonds is 9. The first-order valence-corrected chi connectivity index (χ1v) is 10.0. The zero-order valence-corrected chi connectivity index (χ0v) is 17.2. The summed E-state index contributed by atoms with van der Waals surface area (Å²) < 4.78 is 13.0. The molecule has 0 spiro atoms. The largest absolute Gasteiger partial charge is 0.372 e. The second kappa shape index (κ2) is 9.87. The minimum atomic E-state index is -0.214. The van der Waals surface area contributed by atoms with Gasteiger partial charge in [0.15, 0.2) is 0 Å². The van der Waals surface area contributed by atoms with E-state index in [1.54, 1.807) is 12.1 Å². The molecule has 29 heavy (non-hydrogen) atoms. The molecule has 0 bridgehead atoms. The number of hydrogen-bond acceptors (Lipinski definition) is 5. The first-order valence-electron chi connectivity index (χ1n) is 10.0. The normalized spacial score (nSPS) is 10.6. The highest BCUT2D eigenvalue weighted by molar-refractivity contribution is 5.62. The summed E-state index contributed by atoms with van der Waals surface area (Å²) in [7, 11) is 0. The average Bonchev–Trinajstić information content (AvgIpc) is 2.71. The van der Waals surface area contributed by atoms with E-state index in [2.05, 4.69) is 63.6 Å². The standard InChI is InChI=1S/C23H28FN5/c1-4-29(5-2)21-12-10-20(11-13-21)28-23-16-22(26-17(3)27-23)25-15-14-18-6-8-19(24)9-7-18/h6-13,16H,4-5,14-15H2,1-3H3,(H2,25,26,27,28). The van der Waals surface area contributed by atoms with E-state index in [0.717, 1.165) is 42.4 Å². The van der Waals surface area contributed by atoms with Crippen LogP contribution in [0.4, 0.5) is 27.4 Å². The Hall–Kier alpha value is -3.15. The van der Waals surface area contributed by atoms with Crippen molar-refractivity contribution in [2.24, 2.45) is 0 Å². The zero-order valence-electron chi connectivity index (χ0n) is 17.2. The zero-order chi connectivity index (χ0) is 20.6. The maximum Gasteiger partial charge on any atom is 0.136 e. The molecule has 0 aliphatic heterocycles. The van der Waals surface area contributed by atoms with Gasteiger partial charge in [-0.1, -0.05) is 12.1 Å². The molecule has 1 aromatic heterocycles. The maximum absolute atomic E-state index is 13.0. The highest BCUT2D eigenvalue weighted by atomic mass is 19.1. The first-order chi connectivity index (χ1) is 14.1. The van der Waals surface area contributed by atoms with E-state index in [1.807, 2.05) is 13.0 Å². The molecule has 0 unspecified atom stereocenters. The van der Waals surface area contributed by atoms with Gasteiger partial charge in [0.25, 0.3) is 0 Å². The van der Waals surface area contributed by atoms with Crippen molar-refractivity contribution in [2.45, 2.75) is 27.2 Å². The van der Waals surface area contributed by atoms with E-state index in [-0.39, 0.29) is 5.82 Å². The monoisotopic (exact) mass is 393 g/mol. The second-order valence-electron chi connectivity index (χ2n) is 6.83. The fraction of sp³-hybridized carbons (Fsp3) is 0.304. The van der Waals surface area contributed by atoms with E-state index in [4.69, 9.17) is 0 Å². The number of anilines is 4. The van der Waals surface area contributed by atoms with E-state index < -0.39 is 0 Å². The van der Waals surface area contributed by atoms with E-state index >= 15 is 0 Å². The van der Waals surface area contributed by atoms with Crippen LogP contribution in [0.3, 0.4) is 0 Å². The maximum atomic E-state index is 13.0. The summed E-state index contributed by atoms with van der Waals surface area (Å²) in [5.41, 5.74) is 3.27. The van der Waals surface area contributed by atoms with Crippen molar-refractivity contribution in [3.63, 3.8) is 0 Å². The van der Waals surface area contributed by atoms with Gasteiger partial charge in [0.05, 0.1) is 0 Å². The van der Waals surface area contributed by atoms with Crippen LogP contribution in [0.1, 0.15) is 25.2 Å². The lowest BCUT2D eigenvalue weighted by molar-refractivity contribution is 0.627. The van der Waals surface area contributed by atoms with Crippen LogP contribution in [0, 0.1) is 12.7 Å². The molecule has 0 aliphatic rings. The minimum absolute atomic E-state index is 0.214. The molecule has 2 aromatic carbocycles. The number of aryl methyl sites for hydroxylation is 1. The van der Waals surface area contributed by atoms with Gasteiger partial charge < -0.3 is 15.5 Å². The average molecular weight is 394 g/mol. The quantitative estimate of drug-likeness (QED) is 0.525. The molecule has 3 aromatic rings. The summed E-state index contributed by atoms with van der Waals surface area (Å²) in [6.07, 6.45) is 0.791. The molecule has 1 heterocycles. The smallest absolute Gasteiger partial charge is 0.136 e. The predicted molar refractivity (Wildman–Crippen MR) is 119 cm³/mol. The summed E-state index contributed by atoms with van der Waals surface area (Å²) in [6.45, 7) is 8.87. The van der Waals surface area contributed by atoms with Crippen molar-refractivity contribution in [1.29, 1.82) is 0 Å². The first kappa shape index (κ1) is 20.6. The van der Waals surface area contributed by atoms with Gasteiger partial charge in [-0.15, -0.1) is 0 Å². The molecule has 6 heteroatoms. The summed E-state index contributed by atoms with van der Waals surface area (Å²) in [5.74, 6) is 1.99. The molecule has 0 saturated heterocycles. The molecule has 2 N–H and O–H groups in total. The van der Waals surface area contributed by atoms with E-state index in [1.165, 1.54) is 17.8 Å². The van der Waals surface area contributed by atoms with Gasteiger partial charge in [0, 0.05) is 37.1 Å². The summed E-state index contributed by atoms with van der Waals surface area (Å²) in [4.78, 5) is 11.2. The van der Waals surface area contributed by atoms with Crippen molar-refractivity contribution >= 4 is 23.0 Å². The number of hydrogen-bond donors (Lipinski definition) is 2. The molecule has 0 radical (unpaired) electrons. The summed E-state index contributed by atoms with van der Waals surface area (Å²) >= 11 is 0. The van der Waals surface area contributed by atoms with Crippen LogP contribution >= 0.6 is 0 Å². The van der Waals surface area contributed by atoms with Gasteiger partial charge in [-0.3, -0.25) is 0 Å². The molecular formula is C23H28FN5. The number of halogens is 1. The Labute approximate surface area is 172 Å². The molecule has 152 valence electrons. The Bertz CT molecular complexity index is 906. The molecule has 3 rings (SSSR count). The van der Waals surface area contributed by atoms with E-state index in [0.29, 0.717) is 12.4 Å². The third-order valence-corrected chi connectivity index (χ3v) is 4.74. The fourth-order valence-corrected chi connectivity index (χ4v) is 3.20. The van der Waals surface area contributed by atoms with Gasteiger partial charge in [-0.05, 0) is 69.2 Å². The highest BCUT2D eigenvalue weighted by Gasteiger charge is 2.05. The van der Waals surface area contributed by atoms with Gasteiger partial charge in [-0.2, -0.15) is 0 Å². The van der Waals surface area contributed by atoms with Crippen molar-refractivity contribution in [3.05, 3.63) is 71.8 Å². The molecule has 0 saturated carbocycles. The van der Waals surface area contributed by atoms with E-state index in [9.17, 15) is 4.39 Å². The second-order valence-corrected chi connectivity index (χ2v) is 6.83. The van der Waals surface area contributed by atoms with Crippen LogP contribution in [0.5, 0.6) is 0 Å². The van der Waals surface area contributed by atoms with Crippen LogP contribution in [-0.2, 0) is 6.42 Å². The molecule has 0 fully saturated rings. The Morgan fingerprint density at radius 1 is 0.897 bits per heavy atom. The third-order valence-electron chi connectivity index (χ3n) is 4.74. The lowest BCUT2D eigenvalue weighted by Gasteiger charge is -2.21. The Morgan fingerprint density at radius 3 is 2.21 bits per heavy atom. The van der Waals surface area contributed by atoms with Crippen molar-refractivity contribution < 1.29 is 4.39 Å². The van der Waals surface area contributed by atoms with Crippen molar-refractivity contribution in [2.75, 3.05) is 35.2 Å². The number of nitrogens with zero attached hydrogens (tertiary/aromatic N) is 3. The SMILES string of the molecule is CCN(CC)c1ccc(Nc2cc(NCCc3ccc(F)cc3)nc(C)n2)cc1. The minimum Gasteiger partial charge on any atom is -0.372 e. The van der Waals surface area contributed by atoms with Crippen LogP contribution in [0.15, 0.2) is 54.6 Å². The Balaban J connectivity index is 1.61. The van der Waals surface area contributed by atoms with Gasteiger partial charge in [0.2, 0.25) is 0 Å². The third kappa shape index (κ3) is 5.91. The van der Waals surface area contributed by atoms with Crippen LogP contribution in [0.25, 0.3) is 0 Å². The number of nitrogens with one attached hydrogen (secondary N) is 2. The topological polar surface area (TPSA) is 53.1 Å².